The highest BCUT2D eigenvalue weighted by Crippen LogP contribution is 2.09. The van der Waals surface area contributed by atoms with Crippen molar-refractivity contribution in [3.63, 3.8) is 0 Å². The molecule has 1 aromatic heterocycles. The molecule has 0 aliphatic rings. The molecule has 7 heteroatoms. The monoisotopic (exact) mass is 302 g/mol. The Morgan fingerprint density at radius 1 is 1.47 bits per heavy atom. The Balaban J connectivity index is 2.73. The van der Waals surface area contributed by atoms with Crippen molar-refractivity contribution >= 4 is 27.8 Å². The van der Waals surface area contributed by atoms with Crippen molar-refractivity contribution in [3.05, 3.63) is 28.5 Å². The van der Waals surface area contributed by atoms with Gasteiger partial charge in [-0.2, -0.15) is 0 Å². The average molecular weight is 303 g/mol. The van der Waals surface area contributed by atoms with Gasteiger partial charge in [0.2, 0.25) is 0 Å². The molecule has 1 amide bonds. The highest BCUT2D eigenvalue weighted by molar-refractivity contribution is 9.10. The van der Waals surface area contributed by atoms with Crippen LogP contribution in [-0.2, 0) is 4.79 Å². The second kappa shape index (κ2) is 6.31. The zero-order valence-corrected chi connectivity index (χ0v) is 10.3. The third-order valence-electron chi connectivity index (χ3n) is 1.99. The number of aliphatic hydroxyl groups is 1. The number of hydrogen-bond acceptors (Lipinski definition) is 4. The summed E-state index contributed by atoms with van der Waals surface area (Å²) < 4.78 is 0.624. The predicted molar refractivity (Wildman–Crippen MR) is 62.5 cm³/mol. The molecule has 17 heavy (non-hydrogen) atoms. The second-order valence-corrected chi connectivity index (χ2v) is 4.18. The second-order valence-electron chi connectivity index (χ2n) is 3.27. The van der Waals surface area contributed by atoms with Crippen LogP contribution in [0.4, 0.5) is 0 Å². The van der Waals surface area contributed by atoms with Crippen molar-refractivity contribution in [1.82, 2.24) is 10.3 Å². The van der Waals surface area contributed by atoms with Crippen molar-refractivity contribution in [1.29, 1.82) is 0 Å². The third-order valence-corrected chi connectivity index (χ3v) is 2.42. The molecule has 0 aliphatic heterocycles. The van der Waals surface area contributed by atoms with Gasteiger partial charge >= 0.3 is 5.97 Å². The molecule has 0 saturated carbocycles. The van der Waals surface area contributed by atoms with Gasteiger partial charge in [-0.15, -0.1) is 0 Å². The van der Waals surface area contributed by atoms with Gasteiger partial charge in [0.15, 0.2) is 0 Å². The molecule has 1 rings (SSSR count). The summed E-state index contributed by atoms with van der Waals surface area (Å²) in [5.74, 6) is -1.73. The molecular formula is C10H11BrN2O4. The van der Waals surface area contributed by atoms with Gasteiger partial charge < -0.3 is 15.5 Å². The molecule has 1 atom stereocenters. The number of carboxylic acid groups (broad SMARTS) is 1. The number of halogens is 1. The van der Waals surface area contributed by atoms with Gasteiger partial charge in [-0.05, 0) is 22.0 Å². The first kappa shape index (κ1) is 13.6. The number of nitrogens with zero attached hydrogens (tertiary/aromatic N) is 1. The predicted octanol–water partition coefficient (Wildman–Crippen LogP) is 0.410. The van der Waals surface area contributed by atoms with Gasteiger partial charge in [-0.3, -0.25) is 9.78 Å². The molecule has 0 saturated heterocycles. The lowest BCUT2D eigenvalue weighted by molar-refractivity contribution is -0.139. The van der Waals surface area contributed by atoms with Crippen LogP contribution in [0, 0.1) is 0 Å². The Labute approximate surface area is 106 Å². The number of carboxylic acids is 1. The minimum absolute atomic E-state index is 0.0392. The lowest BCUT2D eigenvalue weighted by atomic mass is 10.2. The van der Waals surface area contributed by atoms with Gasteiger partial charge in [0.25, 0.3) is 5.91 Å². The van der Waals surface area contributed by atoms with Crippen LogP contribution in [0.25, 0.3) is 0 Å². The largest absolute Gasteiger partial charge is 0.480 e. The minimum Gasteiger partial charge on any atom is -0.480 e. The van der Waals surface area contributed by atoms with E-state index in [0.29, 0.717) is 4.47 Å². The summed E-state index contributed by atoms with van der Waals surface area (Å²) in [6.45, 7) is -0.312. The number of carbonyl (C=O) groups excluding carboxylic acids is 1. The van der Waals surface area contributed by atoms with Crippen molar-refractivity contribution in [2.24, 2.45) is 0 Å². The first-order valence-corrected chi connectivity index (χ1v) is 5.59. The Kier molecular flexibility index (Phi) is 5.05. The first-order valence-electron chi connectivity index (χ1n) is 4.79. The standard InChI is InChI=1S/C10H11BrN2O4/c11-7-3-6(4-12-5-7)9(15)13-8(1-2-14)10(16)17/h3-5,8,14H,1-2H2,(H,13,15)(H,16,17)/t8-/m1/s1. The van der Waals surface area contributed by atoms with Crippen molar-refractivity contribution < 1.29 is 19.8 Å². The summed E-state index contributed by atoms with van der Waals surface area (Å²) in [6, 6.07) is 0.423. The number of carbonyl (C=O) groups is 2. The maximum absolute atomic E-state index is 11.7. The van der Waals surface area contributed by atoms with Crippen molar-refractivity contribution in [2.75, 3.05) is 6.61 Å². The normalized spacial score (nSPS) is 11.9. The molecule has 0 aliphatic carbocycles. The molecule has 1 aromatic rings. The Morgan fingerprint density at radius 3 is 2.71 bits per heavy atom. The van der Waals surface area contributed by atoms with Crippen molar-refractivity contribution in [3.8, 4) is 0 Å². The molecule has 0 fully saturated rings. The number of rotatable bonds is 5. The maximum Gasteiger partial charge on any atom is 0.326 e. The summed E-state index contributed by atoms with van der Waals surface area (Å²) in [5.41, 5.74) is 0.253. The smallest absolute Gasteiger partial charge is 0.326 e. The molecule has 0 radical (unpaired) electrons. The van der Waals surface area contributed by atoms with E-state index in [2.05, 4.69) is 26.2 Å². The van der Waals surface area contributed by atoms with E-state index in [1.807, 2.05) is 0 Å². The van der Waals surface area contributed by atoms with Gasteiger partial charge in [0.1, 0.15) is 6.04 Å². The molecule has 0 aromatic carbocycles. The highest BCUT2D eigenvalue weighted by atomic mass is 79.9. The minimum atomic E-state index is -1.18. The molecule has 6 nitrogen and oxygen atoms in total. The summed E-state index contributed by atoms with van der Waals surface area (Å²) in [5, 5.41) is 19.8. The first-order chi connectivity index (χ1) is 8.04. The molecule has 1 heterocycles. The van der Waals surface area contributed by atoms with Gasteiger partial charge in [0.05, 0.1) is 5.56 Å². The zero-order chi connectivity index (χ0) is 12.8. The van der Waals surface area contributed by atoms with Crippen LogP contribution in [0.5, 0.6) is 0 Å². The summed E-state index contributed by atoms with van der Waals surface area (Å²) >= 11 is 3.16. The number of aliphatic hydroxyl groups excluding tert-OH is 1. The molecule has 3 N–H and O–H groups in total. The highest BCUT2D eigenvalue weighted by Gasteiger charge is 2.20. The molecular weight excluding hydrogens is 292 g/mol. The molecule has 92 valence electrons. The number of pyridine rings is 1. The summed E-state index contributed by atoms with van der Waals surface area (Å²) in [6.07, 6.45) is 2.81. The Hall–Kier alpha value is -1.47. The van der Waals surface area contributed by atoms with E-state index in [1.165, 1.54) is 18.5 Å². The lowest BCUT2D eigenvalue weighted by Crippen LogP contribution is -2.41. The molecule has 0 unspecified atom stereocenters. The van der Waals surface area contributed by atoms with E-state index in [1.54, 1.807) is 0 Å². The number of nitrogens with one attached hydrogen (secondary N) is 1. The van der Waals surface area contributed by atoms with Crippen LogP contribution < -0.4 is 5.32 Å². The van der Waals surface area contributed by atoms with Crippen molar-refractivity contribution in [2.45, 2.75) is 12.5 Å². The topological polar surface area (TPSA) is 99.5 Å². The number of hydrogen-bond donors (Lipinski definition) is 3. The van der Waals surface area contributed by atoms with Crippen LogP contribution in [0.3, 0.4) is 0 Å². The Morgan fingerprint density at radius 2 is 2.18 bits per heavy atom. The van der Waals surface area contributed by atoms with E-state index in [-0.39, 0.29) is 18.6 Å². The van der Waals surface area contributed by atoms with Crippen LogP contribution >= 0.6 is 15.9 Å². The fourth-order valence-corrected chi connectivity index (χ4v) is 1.53. The number of aromatic nitrogens is 1. The van der Waals surface area contributed by atoms with Gasteiger partial charge in [-0.1, -0.05) is 0 Å². The molecule has 0 spiro atoms. The summed E-state index contributed by atoms with van der Waals surface area (Å²) in [4.78, 5) is 26.2. The van der Waals surface area contributed by atoms with Crippen LogP contribution in [0.2, 0.25) is 0 Å². The fraction of sp³-hybridized carbons (Fsp3) is 0.300. The van der Waals surface area contributed by atoms with E-state index in [4.69, 9.17) is 10.2 Å². The fourth-order valence-electron chi connectivity index (χ4n) is 1.16. The molecule has 0 bridgehead atoms. The number of aliphatic carboxylic acids is 1. The Bertz CT molecular complexity index is 425. The van der Waals surface area contributed by atoms with E-state index < -0.39 is 17.9 Å². The maximum atomic E-state index is 11.7. The van der Waals surface area contributed by atoms with E-state index >= 15 is 0 Å². The van der Waals surface area contributed by atoms with Crippen LogP contribution in [0.1, 0.15) is 16.8 Å². The lowest BCUT2D eigenvalue weighted by Gasteiger charge is -2.12. The third kappa shape index (κ3) is 4.12. The van der Waals surface area contributed by atoms with Gasteiger partial charge in [-0.25, -0.2) is 4.79 Å². The number of amides is 1. The van der Waals surface area contributed by atoms with Crippen LogP contribution in [-0.4, -0.2) is 39.7 Å². The van der Waals surface area contributed by atoms with E-state index in [9.17, 15) is 9.59 Å². The zero-order valence-electron chi connectivity index (χ0n) is 8.76. The van der Waals surface area contributed by atoms with E-state index in [0.717, 1.165) is 0 Å². The SMILES string of the molecule is O=C(N[C@H](CCO)C(=O)O)c1cncc(Br)c1. The quantitative estimate of drug-likeness (QED) is 0.731. The summed E-state index contributed by atoms with van der Waals surface area (Å²) in [7, 11) is 0. The van der Waals surface area contributed by atoms with Gasteiger partial charge in [0, 0.05) is 29.9 Å². The van der Waals surface area contributed by atoms with Crippen LogP contribution in [0.15, 0.2) is 22.9 Å². The average Bonchev–Trinajstić information content (AvgIpc) is 2.28.